The predicted octanol–water partition coefficient (Wildman–Crippen LogP) is 2.06. The van der Waals surface area contributed by atoms with Gasteiger partial charge in [0.05, 0.1) is 18.7 Å². The molecule has 0 heterocycles. The maximum Gasteiger partial charge on any atom is 0.417 e. The second-order valence-electron chi connectivity index (χ2n) is 4.42. The summed E-state index contributed by atoms with van der Waals surface area (Å²) in [6.45, 7) is 0.122. The summed E-state index contributed by atoms with van der Waals surface area (Å²) in [6, 6.07) is 6.06. The number of aliphatic carboxylic acids is 1. The number of halogens is 3. The standard InChI is InChI=1S/C13H13F3N2O3/c1-12(11(19)20,13(14,15)16)18-7-9-5-8(6-17)3-4-10(9)21-2/h3-5,18H,7H2,1-2H3,(H,19,20). The van der Waals surface area contributed by atoms with E-state index in [-0.39, 0.29) is 16.9 Å². The van der Waals surface area contributed by atoms with Crippen LogP contribution in [-0.2, 0) is 11.3 Å². The van der Waals surface area contributed by atoms with Gasteiger partial charge in [-0.3, -0.25) is 5.32 Å². The number of rotatable bonds is 5. The molecule has 1 unspecified atom stereocenters. The first kappa shape index (κ1) is 16.8. The lowest BCUT2D eigenvalue weighted by atomic mass is 10.0. The number of methoxy groups -OCH3 is 1. The van der Waals surface area contributed by atoms with Crippen LogP contribution in [0.2, 0.25) is 0 Å². The van der Waals surface area contributed by atoms with Crippen LogP contribution < -0.4 is 10.1 Å². The van der Waals surface area contributed by atoms with Crippen LogP contribution in [0, 0.1) is 11.3 Å². The van der Waals surface area contributed by atoms with E-state index in [1.165, 1.54) is 25.3 Å². The van der Waals surface area contributed by atoms with E-state index in [1.54, 1.807) is 0 Å². The average molecular weight is 302 g/mol. The molecule has 0 spiro atoms. The molecule has 1 aromatic rings. The summed E-state index contributed by atoms with van der Waals surface area (Å²) in [5, 5.41) is 19.6. The van der Waals surface area contributed by atoms with Gasteiger partial charge in [-0.15, -0.1) is 0 Å². The molecule has 114 valence electrons. The molecule has 0 bridgehead atoms. The van der Waals surface area contributed by atoms with Crippen molar-refractivity contribution in [3.05, 3.63) is 29.3 Å². The highest BCUT2D eigenvalue weighted by atomic mass is 19.4. The molecular formula is C13H13F3N2O3. The van der Waals surface area contributed by atoms with Gasteiger partial charge in [0, 0.05) is 12.1 Å². The average Bonchev–Trinajstić information content (AvgIpc) is 2.42. The van der Waals surface area contributed by atoms with E-state index in [2.05, 4.69) is 0 Å². The number of ether oxygens (including phenoxy) is 1. The van der Waals surface area contributed by atoms with Gasteiger partial charge in [0.25, 0.3) is 0 Å². The Morgan fingerprint density at radius 2 is 2.10 bits per heavy atom. The Morgan fingerprint density at radius 1 is 1.48 bits per heavy atom. The molecule has 0 radical (unpaired) electrons. The summed E-state index contributed by atoms with van der Waals surface area (Å²) in [7, 11) is 1.32. The number of carbonyl (C=O) groups is 1. The van der Waals surface area contributed by atoms with Crippen LogP contribution in [0.5, 0.6) is 5.75 Å². The molecule has 0 saturated heterocycles. The zero-order chi connectivity index (χ0) is 16.3. The number of nitrogens with zero attached hydrogens (tertiary/aromatic N) is 1. The van der Waals surface area contributed by atoms with Crippen molar-refractivity contribution < 1.29 is 27.8 Å². The molecule has 0 saturated carbocycles. The lowest BCUT2D eigenvalue weighted by Gasteiger charge is -2.29. The highest BCUT2D eigenvalue weighted by molar-refractivity contribution is 5.79. The third kappa shape index (κ3) is 3.44. The monoisotopic (exact) mass is 302 g/mol. The number of carboxylic acid groups (broad SMARTS) is 1. The number of nitrogens with one attached hydrogen (secondary N) is 1. The van der Waals surface area contributed by atoms with Crippen LogP contribution in [-0.4, -0.2) is 29.9 Å². The quantitative estimate of drug-likeness (QED) is 0.870. The molecular weight excluding hydrogens is 289 g/mol. The fourth-order valence-corrected chi connectivity index (χ4v) is 1.56. The zero-order valence-electron chi connectivity index (χ0n) is 11.3. The van der Waals surface area contributed by atoms with Gasteiger partial charge in [0.1, 0.15) is 5.75 Å². The second-order valence-corrected chi connectivity index (χ2v) is 4.42. The van der Waals surface area contributed by atoms with Gasteiger partial charge >= 0.3 is 12.1 Å². The van der Waals surface area contributed by atoms with Crippen LogP contribution in [0.4, 0.5) is 13.2 Å². The van der Waals surface area contributed by atoms with Gasteiger partial charge in [0.15, 0.2) is 0 Å². The molecule has 0 aliphatic carbocycles. The number of benzene rings is 1. The van der Waals surface area contributed by atoms with Gasteiger partial charge in [0.2, 0.25) is 5.54 Å². The topological polar surface area (TPSA) is 82.3 Å². The normalized spacial score (nSPS) is 14.1. The van der Waals surface area contributed by atoms with Crippen molar-refractivity contribution >= 4 is 5.97 Å². The minimum Gasteiger partial charge on any atom is -0.496 e. The van der Waals surface area contributed by atoms with Crippen molar-refractivity contribution in [1.82, 2.24) is 5.32 Å². The lowest BCUT2D eigenvalue weighted by molar-refractivity contribution is -0.206. The summed E-state index contributed by atoms with van der Waals surface area (Å²) in [5.41, 5.74) is -2.61. The Morgan fingerprint density at radius 3 is 2.52 bits per heavy atom. The van der Waals surface area contributed by atoms with E-state index >= 15 is 0 Å². The molecule has 1 atom stereocenters. The molecule has 21 heavy (non-hydrogen) atoms. The van der Waals surface area contributed by atoms with Crippen LogP contribution in [0.15, 0.2) is 18.2 Å². The highest BCUT2D eigenvalue weighted by Gasteiger charge is 2.57. The molecule has 0 fully saturated rings. The number of hydrogen-bond donors (Lipinski definition) is 2. The molecule has 0 aromatic heterocycles. The van der Waals surface area contributed by atoms with E-state index in [9.17, 15) is 18.0 Å². The Bertz CT molecular complexity index is 581. The largest absolute Gasteiger partial charge is 0.496 e. The third-order valence-corrected chi connectivity index (χ3v) is 3.04. The van der Waals surface area contributed by atoms with Gasteiger partial charge in [-0.2, -0.15) is 18.4 Å². The van der Waals surface area contributed by atoms with Crippen molar-refractivity contribution in [1.29, 1.82) is 5.26 Å². The van der Waals surface area contributed by atoms with Gasteiger partial charge in [-0.05, 0) is 25.1 Å². The molecule has 1 rings (SSSR count). The fraction of sp³-hybridized carbons (Fsp3) is 0.385. The van der Waals surface area contributed by atoms with Crippen molar-refractivity contribution in [3.8, 4) is 11.8 Å². The zero-order valence-corrected chi connectivity index (χ0v) is 11.3. The molecule has 0 aliphatic heterocycles. The molecule has 0 aliphatic rings. The Labute approximate surface area is 118 Å². The van der Waals surface area contributed by atoms with E-state index < -0.39 is 24.2 Å². The maximum absolute atomic E-state index is 12.9. The van der Waals surface area contributed by atoms with Gasteiger partial charge < -0.3 is 9.84 Å². The summed E-state index contributed by atoms with van der Waals surface area (Å²) in [5.74, 6) is -1.78. The van der Waals surface area contributed by atoms with Crippen molar-refractivity contribution in [3.63, 3.8) is 0 Å². The maximum atomic E-state index is 12.9. The van der Waals surface area contributed by atoms with Crippen molar-refractivity contribution in [2.45, 2.75) is 25.2 Å². The van der Waals surface area contributed by atoms with E-state index in [1.807, 2.05) is 11.4 Å². The van der Waals surface area contributed by atoms with Crippen LogP contribution >= 0.6 is 0 Å². The van der Waals surface area contributed by atoms with Crippen LogP contribution in [0.1, 0.15) is 18.1 Å². The van der Waals surface area contributed by atoms with Crippen molar-refractivity contribution in [2.75, 3.05) is 7.11 Å². The van der Waals surface area contributed by atoms with E-state index in [0.717, 1.165) is 0 Å². The summed E-state index contributed by atoms with van der Waals surface area (Å²) < 4.78 is 43.6. The Kier molecular flexibility index (Phi) is 4.80. The lowest BCUT2D eigenvalue weighted by Crippen LogP contribution is -2.59. The molecule has 5 nitrogen and oxygen atoms in total. The first-order valence-corrected chi connectivity index (χ1v) is 5.78. The minimum absolute atomic E-state index is 0.233. The van der Waals surface area contributed by atoms with Gasteiger partial charge in [-0.25, -0.2) is 4.79 Å². The van der Waals surface area contributed by atoms with Crippen LogP contribution in [0.3, 0.4) is 0 Å². The van der Waals surface area contributed by atoms with E-state index in [4.69, 9.17) is 15.1 Å². The summed E-state index contributed by atoms with van der Waals surface area (Å²) in [4.78, 5) is 10.9. The van der Waals surface area contributed by atoms with Gasteiger partial charge in [-0.1, -0.05) is 0 Å². The third-order valence-electron chi connectivity index (χ3n) is 3.04. The molecule has 2 N–H and O–H groups in total. The SMILES string of the molecule is COc1ccc(C#N)cc1CNC(C)(C(=O)O)C(F)(F)F. The summed E-state index contributed by atoms with van der Waals surface area (Å²) >= 11 is 0. The first-order valence-electron chi connectivity index (χ1n) is 5.78. The highest BCUT2D eigenvalue weighted by Crippen LogP contribution is 2.31. The number of alkyl halides is 3. The summed E-state index contributed by atoms with van der Waals surface area (Å²) in [6.07, 6.45) is -4.97. The minimum atomic E-state index is -4.97. The number of nitriles is 1. The number of hydrogen-bond acceptors (Lipinski definition) is 4. The predicted molar refractivity (Wildman–Crippen MR) is 66.6 cm³/mol. The molecule has 1 aromatic carbocycles. The van der Waals surface area contributed by atoms with Crippen molar-refractivity contribution in [2.24, 2.45) is 0 Å². The Balaban J connectivity index is 3.07. The number of carboxylic acids is 1. The van der Waals surface area contributed by atoms with Crippen LogP contribution in [0.25, 0.3) is 0 Å². The fourth-order valence-electron chi connectivity index (χ4n) is 1.56. The smallest absolute Gasteiger partial charge is 0.417 e. The van der Waals surface area contributed by atoms with E-state index in [0.29, 0.717) is 6.92 Å². The first-order chi connectivity index (χ1) is 9.65. The molecule has 8 heteroatoms. The Hall–Kier alpha value is -2.27. The molecule has 0 amide bonds. The second kappa shape index (κ2) is 6.01.